The first-order valence-corrected chi connectivity index (χ1v) is 7.59. The van der Waals surface area contributed by atoms with Crippen LogP contribution in [0.4, 0.5) is 5.69 Å². The van der Waals surface area contributed by atoms with E-state index >= 15 is 0 Å². The van der Waals surface area contributed by atoms with Crippen molar-refractivity contribution >= 4 is 17.6 Å². The Labute approximate surface area is 145 Å². The normalized spacial score (nSPS) is 10.2. The highest BCUT2D eigenvalue weighted by Crippen LogP contribution is 2.23. The lowest BCUT2D eigenvalue weighted by atomic mass is 10.1. The summed E-state index contributed by atoms with van der Waals surface area (Å²) in [6, 6.07) is 13.7. The summed E-state index contributed by atoms with van der Waals surface area (Å²) >= 11 is 0. The Morgan fingerprint density at radius 2 is 1.80 bits per heavy atom. The molecule has 1 amide bonds. The molecule has 130 valence electrons. The predicted octanol–water partition coefficient (Wildman–Crippen LogP) is 2.72. The van der Waals surface area contributed by atoms with Gasteiger partial charge < -0.3 is 9.64 Å². The average Bonchev–Trinajstić information content (AvgIpc) is 2.59. The molecule has 0 unspecified atom stereocenters. The van der Waals surface area contributed by atoms with Crippen LogP contribution in [0.2, 0.25) is 0 Å². The van der Waals surface area contributed by atoms with Crippen molar-refractivity contribution in [2.45, 2.75) is 13.5 Å². The summed E-state index contributed by atoms with van der Waals surface area (Å²) in [5.74, 6) is -1.29. The van der Waals surface area contributed by atoms with Crippen molar-refractivity contribution in [1.82, 2.24) is 4.90 Å². The minimum atomic E-state index is -0.892. The van der Waals surface area contributed by atoms with Gasteiger partial charge in [-0.15, -0.1) is 0 Å². The Kier molecular flexibility index (Phi) is 5.84. The van der Waals surface area contributed by atoms with Gasteiger partial charge in [0.05, 0.1) is 4.92 Å². The fraction of sp³-hybridized carbons (Fsp3) is 0.222. The van der Waals surface area contributed by atoms with Crippen LogP contribution in [-0.2, 0) is 16.1 Å². The van der Waals surface area contributed by atoms with Crippen molar-refractivity contribution in [3.63, 3.8) is 0 Å². The standard InChI is InChI=1S/C18H18N2O5/c1-13-7-6-10-15(17(13)20(23)24)18(22)25-12-16(21)19(2)11-14-8-4-3-5-9-14/h3-10H,11-12H2,1-2H3. The number of rotatable bonds is 6. The summed E-state index contributed by atoms with van der Waals surface area (Å²) in [7, 11) is 1.60. The minimum absolute atomic E-state index is 0.163. The van der Waals surface area contributed by atoms with Crippen LogP contribution in [0.5, 0.6) is 0 Å². The first-order chi connectivity index (χ1) is 11.9. The van der Waals surface area contributed by atoms with Crippen molar-refractivity contribution in [3.05, 3.63) is 75.3 Å². The van der Waals surface area contributed by atoms with Gasteiger partial charge in [-0.3, -0.25) is 14.9 Å². The summed E-state index contributed by atoms with van der Waals surface area (Å²) in [5, 5.41) is 11.1. The molecule has 2 rings (SSSR count). The number of benzene rings is 2. The first-order valence-electron chi connectivity index (χ1n) is 7.59. The second-order valence-corrected chi connectivity index (χ2v) is 5.54. The van der Waals surface area contributed by atoms with E-state index in [-0.39, 0.29) is 11.3 Å². The first kappa shape index (κ1) is 18.1. The summed E-state index contributed by atoms with van der Waals surface area (Å²) in [6.45, 7) is 1.43. The third-order valence-electron chi connectivity index (χ3n) is 3.66. The third kappa shape index (κ3) is 4.63. The van der Waals surface area contributed by atoms with Gasteiger partial charge in [0.15, 0.2) is 6.61 Å². The largest absolute Gasteiger partial charge is 0.452 e. The smallest absolute Gasteiger partial charge is 0.345 e. The van der Waals surface area contributed by atoms with Gasteiger partial charge in [-0.05, 0) is 18.6 Å². The predicted molar refractivity (Wildman–Crippen MR) is 91.0 cm³/mol. The molecule has 7 nitrogen and oxygen atoms in total. The molecule has 0 aliphatic rings. The fourth-order valence-electron chi connectivity index (χ4n) is 2.33. The second kappa shape index (κ2) is 8.05. The van der Waals surface area contributed by atoms with E-state index in [2.05, 4.69) is 0 Å². The monoisotopic (exact) mass is 342 g/mol. The summed E-state index contributed by atoms with van der Waals surface area (Å²) < 4.78 is 4.96. The zero-order valence-corrected chi connectivity index (χ0v) is 14.0. The van der Waals surface area contributed by atoms with Gasteiger partial charge in [0.1, 0.15) is 5.56 Å². The molecule has 0 aliphatic carbocycles. The Morgan fingerprint density at radius 3 is 2.44 bits per heavy atom. The van der Waals surface area contributed by atoms with Crippen LogP contribution in [0.25, 0.3) is 0 Å². The molecule has 0 atom stereocenters. The number of ether oxygens (including phenoxy) is 1. The molecule has 2 aromatic rings. The van der Waals surface area contributed by atoms with Gasteiger partial charge in [-0.1, -0.05) is 42.5 Å². The summed E-state index contributed by atoms with van der Waals surface area (Å²) in [6.07, 6.45) is 0. The zero-order valence-electron chi connectivity index (χ0n) is 14.0. The number of nitrogens with zero attached hydrogens (tertiary/aromatic N) is 2. The Hall–Kier alpha value is -3.22. The highest BCUT2D eigenvalue weighted by molar-refractivity contribution is 5.95. The summed E-state index contributed by atoms with van der Waals surface area (Å²) in [4.78, 5) is 36.1. The molecular weight excluding hydrogens is 324 g/mol. The van der Waals surface area contributed by atoms with E-state index in [1.54, 1.807) is 7.05 Å². The highest BCUT2D eigenvalue weighted by atomic mass is 16.6. The Bertz CT molecular complexity index is 789. The number of likely N-dealkylation sites (N-methyl/N-ethyl adjacent to an activating group) is 1. The Balaban J connectivity index is 1.99. The molecule has 0 aromatic heterocycles. The van der Waals surface area contributed by atoms with Crippen LogP contribution in [-0.4, -0.2) is 35.4 Å². The number of amides is 1. The number of hydrogen-bond acceptors (Lipinski definition) is 5. The third-order valence-corrected chi connectivity index (χ3v) is 3.66. The molecule has 0 saturated heterocycles. The maximum Gasteiger partial charge on any atom is 0.345 e. The van der Waals surface area contributed by atoms with Crippen LogP contribution >= 0.6 is 0 Å². The van der Waals surface area contributed by atoms with Crippen LogP contribution in [0, 0.1) is 17.0 Å². The van der Waals surface area contributed by atoms with Crippen LogP contribution in [0.3, 0.4) is 0 Å². The van der Waals surface area contributed by atoms with E-state index < -0.39 is 23.4 Å². The van der Waals surface area contributed by atoms with Gasteiger partial charge in [0, 0.05) is 19.2 Å². The molecular formula is C18H18N2O5. The molecule has 0 N–H and O–H groups in total. The van der Waals surface area contributed by atoms with Gasteiger partial charge >= 0.3 is 5.97 Å². The van der Waals surface area contributed by atoms with Crippen molar-refractivity contribution < 1.29 is 19.2 Å². The number of esters is 1. The topological polar surface area (TPSA) is 89.8 Å². The maximum absolute atomic E-state index is 12.1. The molecule has 0 spiro atoms. The van der Waals surface area contributed by atoms with E-state index in [4.69, 9.17) is 4.74 Å². The van der Waals surface area contributed by atoms with E-state index in [1.165, 1.54) is 30.0 Å². The van der Waals surface area contributed by atoms with Crippen molar-refractivity contribution in [1.29, 1.82) is 0 Å². The quantitative estimate of drug-likeness (QED) is 0.457. The van der Waals surface area contributed by atoms with Gasteiger partial charge in [0.2, 0.25) is 0 Å². The molecule has 0 radical (unpaired) electrons. The van der Waals surface area contributed by atoms with Gasteiger partial charge in [0.25, 0.3) is 11.6 Å². The summed E-state index contributed by atoms with van der Waals surface area (Å²) in [5.41, 5.74) is 0.826. The molecule has 0 aliphatic heterocycles. The molecule has 0 saturated carbocycles. The Morgan fingerprint density at radius 1 is 1.12 bits per heavy atom. The lowest BCUT2D eigenvalue weighted by Crippen LogP contribution is -2.30. The number of carbonyl (C=O) groups excluding carboxylic acids is 2. The van der Waals surface area contributed by atoms with Gasteiger partial charge in [-0.2, -0.15) is 0 Å². The van der Waals surface area contributed by atoms with Crippen LogP contribution in [0.15, 0.2) is 48.5 Å². The van der Waals surface area contributed by atoms with Crippen LogP contribution in [0.1, 0.15) is 21.5 Å². The number of nitro benzene ring substituents is 1. The van der Waals surface area contributed by atoms with E-state index in [9.17, 15) is 19.7 Å². The number of hydrogen-bond donors (Lipinski definition) is 0. The lowest BCUT2D eigenvalue weighted by Gasteiger charge is -2.17. The number of nitro groups is 1. The van der Waals surface area contributed by atoms with E-state index in [1.807, 2.05) is 30.3 Å². The minimum Gasteiger partial charge on any atom is -0.452 e. The number of para-hydroxylation sites is 1. The van der Waals surface area contributed by atoms with Crippen molar-refractivity contribution in [2.75, 3.05) is 13.7 Å². The zero-order chi connectivity index (χ0) is 18.4. The van der Waals surface area contributed by atoms with Crippen molar-refractivity contribution in [3.8, 4) is 0 Å². The molecule has 0 fully saturated rings. The average molecular weight is 342 g/mol. The molecule has 7 heteroatoms. The molecule has 2 aromatic carbocycles. The number of aryl methyl sites for hydroxylation is 1. The molecule has 25 heavy (non-hydrogen) atoms. The fourth-order valence-corrected chi connectivity index (χ4v) is 2.33. The van der Waals surface area contributed by atoms with Gasteiger partial charge in [-0.25, -0.2) is 4.79 Å². The van der Waals surface area contributed by atoms with E-state index in [0.29, 0.717) is 12.1 Å². The maximum atomic E-state index is 12.1. The lowest BCUT2D eigenvalue weighted by molar-refractivity contribution is -0.385. The molecule has 0 bridgehead atoms. The SMILES string of the molecule is Cc1cccc(C(=O)OCC(=O)N(C)Cc2ccccc2)c1[N+](=O)[O-]. The van der Waals surface area contributed by atoms with Crippen LogP contribution < -0.4 is 0 Å². The highest BCUT2D eigenvalue weighted by Gasteiger charge is 2.24. The van der Waals surface area contributed by atoms with Crippen molar-refractivity contribution in [2.24, 2.45) is 0 Å². The van der Waals surface area contributed by atoms with E-state index in [0.717, 1.165) is 5.56 Å². The number of carbonyl (C=O) groups is 2. The molecule has 0 heterocycles. The second-order valence-electron chi connectivity index (χ2n) is 5.54.